The average Bonchev–Trinajstić information content (AvgIpc) is 3.58. The Morgan fingerprint density at radius 3 is 2.02 bits per heavy atom. The van der Waals surface area contributed by atoms with Crippen LogP contribution in [-0.4, -0.2) is 15.1 Å². The number of phenolic OH excluding ortho intramolecular Hbond substituents is 1. The Morgan fingerprint density at radius 1 is 0.612 bits per heavy atom. The van der Waals surface area contributed by atoms with Gasteiger partial charge in [0.25, 0.3) is 0 Å². The molecule has 1 unspecified atom stereocenters. The summed E-state index contributed by atoms with van der Waals surface area (Å²) < 4.78 is 6.05. The van der Waals surface area contributed by atoms with E-state index in [0.29, 0.717) is 5.56 Å². The van der Waals surface area contributed by atoms with Gasteiger partial charge in [0.05, 0.1) is 23.1 Å². The van der Waals surface area contributed by atoms with Crippen LogP contribution < -0.4 is 16.0 Å². The highest BCUT2D eigenvalue weighted by Gasteiger charge is 2.24. The first-order chi connectivity index (χ1) is 23.5. The number of phenols is 1. The molecule has 244 valence electrons. The van der Waals surface area contributed by atoms with Crippen LogP contribution in [0, 0.1) is 0 Å². The Labute approximate surface area is 290 Å². The second-order valence-corrected chi connectivity index (χ2v) is 16.8. The highest BCUT2D eigenvalue weighted by atomic mass is 31.1. The summed E-state index contributed by atoms with van der Waals surface area (Å²) in [6.45, 7) is 13.6. The molecule has 4 nitrogen and oxygen atoms in total. The standard InChI is InChI=1S/C44H41N2O2P/c1-43(2,3)33-23-31(24-34(28-33)44(4,5)6)32-26-37(46-38(27-32)36-16-7-8-17-39(36)47)30-14-11-15-35(25-30)49(41-19-9-10-21-45-41)40-18-12-13-29-20-22-48-42(29)40/h7-28,47H,1-6H3. The summed E-state index contributed by atoms with van der Waals surface area (Å²) in [4.78, 5) is 10.0. The van der Waals surface area contributed by atoms with E-state index in [1.165, 1.54) is 11.1 Å². The molecule has 5 heteroatoms. The third-order valence-electron chi connectivity index (χ3n) is 8.98. The van der Waals surface area contributed by atoms with Crippen LogP contribution in [0.4, 0.5) is 0 Å². The van der Waals surface area contributed by atoms with Gasteiger partial charge in [0.15, 0.2) is 0 Å². The van der Waals surface area contributed by atoms with Gasteiger partial charge in [0, 0.05) is 35.9 Å². The molecule has 1 atom stereocenters. The molecule has 7 aromatic rings. The van der Waals surface area contributed by atoms with Crippen molar-refractivity contribution < 1.29 is 9.52 Å². The van der Waals surface area contributed by atoms with Crippen LogP contribution in [0.15, 0.2) is 138 Å². The van der Waals surface area contributed by atoms with Crippen LogP contribution in [0.3, 0.4) is 0 Å². The first-order valence-corrected chi connectivity index (χ1v) is 18.0. The fourth-order valence-corrected chi connectivity index (χ4v) is 8.50. The normalized spacial score (nSPS) is 12.7. The van der Waals surface area contributed by atoms with Crippen molar-refractivity contribution in [2.45, 2.75) is 52.4 Å². The molecule has 7 rings (SSSR count). The SMILES string of the molecule is CC(C)(C)c1cc(-c2cc(-c3cccc(P(c4ccccn4)c4cccc5ccoc45)c3)nc(-c3ccccc3O)c2)cc(C(C)(C)C)c1. The Bertz CT molecular complexity index is 2240. The molecular weight excluding hydrogens is 619 g/mol. The van der Waals surface area contributed by atoms with Crippen molar-refractivity contribution in [3.05, 3.63) is 145 Å². The van der Waals surface area contributed by atoms with E-state index in [1.807, 2.05) is 42.6 Å². The minimum Gasteiger partial charge on any atom is -0.507 e. The smallest absolute Gasteiger partial charge is 0.142 e. The quantitative estimate of drug-likeness (QED) is 0.180. The average molecular weight is 661 g/mol. The Morgan fingerprint density at radius 2 is 1.31 bits per heavy atom. The van der Waals surface area contributed by atoms with E-state index in [1.54, 1.807) is 12.3 Å². The molecule has 49 heavy (non-hydrogen) atoms. The number of rotatable bonds is 6. The van der Waals surface area contributed by atoms with Gasteiger partial charge in [-0.2, -0.15) is 0 Å². The summed E-state index contributed by atoms with van der Waals surface area (Å²) in [6.07, 6.45) is 3.62. The number of fused-ring (bicyclic) bond motifs is 1. The van der Waals surface area contributed by atoms with Gasteiger partial charge in [0.2, 0.25) is 0 Å². The van der Waals surface area contributed by atoms with Crippen molar-refractivity contribution in [1.82, 2.24) is 9.97 Å². The molecular formula is C44H41N2O2P. The van der Waals surface area contributed by atoms with Crippen LogP contribution in [-0.2, 0) is 10.8 Å². The van der Waals surface area contributed by atoms with Gasteiger partial charge >= 0.3 is 0 Å². The van der Waals surface area contributed by atoms with E-state index in [9.17, 15) is 5.11 Å². The number of hydrogen-bond donors (Lipinski definition) is 1. The molecule has 0 spiro atoms. The topological polar surface area (TPSA) is 59.2 Å². The molecule has 4 aromatic carbocycles. The first-order valence-electron chi connectivity index (χ1n) is 16.7. The highest BCUT2D eigenvalue weighted by Crippen LogP contribution is 2.40. The Hall–Kier alpha value is -5.05. The van der Waals surface area contributed by atoms with E-state index >= 15 is 0 Å². The molecule has 0 aliphatic carbocycles. The molecule has 0 bridgehead atoms. The van der Waals surface area contributed by atoms with Gasteiger partial charge < -0.3 is 9.52 Å². The zero-order valence-electron chi connectivity index (χ0n) is 28.9. The van der Waals surface area contributed by atoms with Gasteiger partial charge in [-0.3, -0.25) is 4.98 Å². The van der Waals surface area contributed by atoms with Crippen molar-refractivity contribution in [3.63, 3.8) is 0 Å². The van der Waals surface area contributed by atoms with Crippen molar-refractivity contribution >= 4 is 34.9 Å². The molecule has 0 radical (unpaired) electrons. The lowest BCUT2D eigenvalue weighted by Gasteiger charge is -2.26. The van der Waals surface area contributed by atoms with Gasteiger partial charge in [-0.15, -0.1) is 0 Å². The second kappa shape index (κ2) is 12.8. The number of pyridine rings is 2. The van der Waals surface area contributed by atoms with Crippen LogP contribution in [0.2, 0.25) is 0 Å². The fourth-order valence-electron chi connectivity index (χ4n) is 6.17. The predicted molar refractivity (Wildman–Crippen MR) is 206 cm³/mol. The number of aromatic nitrogens is 2. The summed E-state index contributed by atoms with van der Waals surface area (Å²) in [5.74, 6) is 0.205. The van der Waals surface area contributed by atoms with E-state index < -0.39 is 7.92 Å². The van der Waals surface area contributed by atoms with E-state index in [4.69, 9.17) is 14.4 Å². The number of nitrogens with zero attached hydrogens (tertiary/aromatic N) is 2. The predicted octanol–water partition coefficient (Wildman–Crippen LogP) is 10.3. The number of para-hydroxylation sites is 2. The third-order valence-corrected chi connectivity index (χ3v) is 11.3. The zero-order chi connectivity index (χ0) is 34.3. The fraction of sp³-hybridized carbons (Fsp3) is 0.182. The molecule has 0 fully saturated rings. The zero-order valence-corrected chi connectivity index (χ0v) is 29.8. The molecule has 1 N–H and O–H groups in total. The summed E-state index contributed by atoms with van der Waals surface area (Å²) in [5, 5.41) is 14.3. The lowest BCUT2D eigenvalue weighted by atomic mass is 9.79. The van der Waals surface area contributed by atoms with Crippen molar-refractivity contribution in [2.75, 3.05) is 0 Å². The van der Waals surface area contributed by atoms with Gasteiger partial charge in [0.1, 0.15) is 11.3 Å². The number of furan rings is 1. The summed E-state index contributed by atoms with van der Waals surface area (Å²) in [7, 11) is -1.04. The van der Waals surface area contributed by atoms with Crippen LogP contribution in [0.1, 0.15) is 52.7 Å². The van der Waals surface area contributed by atoms with Crippen LogP contribution in [0.25, 0.3) is 44.6 Å². The lowest BCUT2D eigenvalue weighted by molar-refractivity contribution is 0.477. The van der Waals surface area contributed by atoms with Crippen LogP contribution in [0.5, 0.6) is 5.75 Å². The largest absolute Gasteiger partial charge is 0.507 e. The first kappa shape index (κ1) is 32.5. The van der Waals surface area contributed by atoms with Crippen LogP contribution >= 0.6 is 7.92 Å². The summed E-state index contributed by atoms with van der Waals surface area (Å²) in [6, 6.07) is 41.8. The molecule has 3 aromatic heterocycles. The second-order valence-electron chi connectivity index (χ2n) is 14.6. The number of aromatic hydroxyl groups is 1. The number of benzene rings is 4. The Balaban J connectivity index is 1.44. The molecule has 0 amide bonds. The van der Waals surface area contributed by atoms with Crippen molar-refractivity contribution in [1.29, 1.82) is 0 Å². The molecule has 3 heterocycles. The molecule has 0 aliphatic rings. The Kier molecular flexibility index (Phi) is 8.47. The van der Waals surface area contributed by atoms with E-state index in [0.717, 1.165) is 55.1 Å². The van der Waals surface area contributed by atoms with Crippen molar-refractivity contribution in [2.24, 2.45) is 0 Å². The van der Waals surface area contributed by atoms with E-state index in [2.05, 4.69) is 120 Å². The molecule has 0 aliphatic heterocycles. The lowest BCUT2D eigenvalue weighted by Crippen LogP contribution is -2.23. The third kappa shape index (κ3) is 6.67. The monoisotopic (exact) mass is 660 g/mol. The van der Waals surface area contributed by atoms with Gasteiger partial charge in [-0.05, 0) is 86.9 Å². The van der Waals surface area contributed by atoms with Crippen molar-refractivity contribution in [3.8, 4) is 39.4 Å². The van der Waals surface area contributed by atoms with Gasteiger partial charge in [-0.25, -0.2) is 4.98 Å². The minimum atomic E-state index is -1.04. The maximum Gasteiger partial charge on any atom is 0.142 e. The highest BCUT2D eigenvalue weighted by molar-refractivity contribution is 7.80. The maximum absolute atomic E-state index is 11.0. The summed E-state index contributed by atoms with van der Waals surface area (Å²) in [5.41, 5.74) is 9.85. The summed E-state index contributed by atoms with van der Waals surface area (Å²) >= 11 is 0. The number of hydrogen-bond acceptors (Lipinski definition) is 4. The van der Waals surface area contributed by atoms with Gasteiger partial charge in [-0.1, -0.05) is 114 Å². The molecule has 0 saturated heterocycles. The maximum atomic E-state index is 11.0. The minimum absolute atomic E-state index is 0.0276. The molecule has 0 saturated carbocycles. The van der Waals surface area contributed by atoms with E-state index in [-0.39, 0.29) is 16.6 Å².